The molecule has 0 saturated carbocycles. The number of nitrogen functional groups attached to an aromatic ring is 1. The zero-order chi connectivity index (χ0) is 11.4. The van der Waals surface area contributed by atoms with Crippen molar-refractivity contribution in [3.63, 3.8) is 0 Å². The molecule has 0 aliphatic rings. The molecule has 80 valence electrons. The Labute approximate surface area is 90.3 Å². The fourth-order valence-electron chi connectivity index (χ4n) is 1.04. The van der Waals surface area contributed by atoms with E-state index in [9.17, 15) is 14.5 Å². The number of nitro benzene ring substituents is 1. The van der Waals surface area contributed by atoms with Gasteiger partial charge in [-0.05, 0) is 0 Å². The lowest BCUT2D eigenvalue weighted by molar-refractivity contribution is -0.385. The van der Waals surface area contributed by atoms with Gasteiger partial charge in [0.15, 0.2) is 5.82 Å². The second kappa shape index (κ2) is 4.75. The number of benzene rings is 1. The number of non-ortho nitro benzene ring substituents is 1. The number of rotatable bonds is 3. The first-order valence-corrected chi connectivity index (χ1v) is 4.55. The first kappa shape index (κ1) is 11.5. The van der Waals surface area contributed by atoms with E-state index in [2.05, 4.69) is 0 Å². The molecule has 0 radical (unpaired) electrons. The number of allylic oxidation sites excluding steroid dienone is 1. The van der Waals surface area contributed by atoms with Crippen molar-refractivity contribution in [2.45, 2.75) is 0 Å². The number of nitrogens with zero attached hydrogens (tertiary/aromatic N) is 1. The van der Waals surface area contributed by atoms with Crippen molar-refractivity contribution < 1.29 is 9.31 Å². The Hall–Kier alpha value is -1.62. The van der Waals surface area contributed by atoms with Crippen LogP contribution in [-0.2, 0) is 0 Å². The van der Waals surface area contributed by atoms with E-state index in [-0.39, 0.29) is 22.8 Å². The third kappa shape index (κ3) is 2.66. The number of halogens is 2. The molecule has 6 heteroatoms. The monoisotopic (exact) mass is 230 g/mol. The number of hydrogen-bond acceptors (Lipinski definition) is 3. The normalized spacial score (nSPS) is 10.8. The predicted octanol–water partition coefficient (Wildman–Crippen LogP) is 2.57. The minimum Gasteiger partial charge on any atom is -0.396 e. The number of alkyl halides is 1. The van der Waals surface area contributed by atoms with Crippen molar-refractivity contribution >= 4 is 29.1 Å². The van der Waals surface area contributed by atoms with Crippen molar-refractivity contribution in [1.82, 2.24) is 0 Å². The van der Waals surface area contributed by atoms with Crippen LogP contribution in [0.15, 0.2) is 18.2 Å². The summed E-state index contributed by atoms with van der Waals surface area (Å²) in [4.78, 5) is 9.76. The van der Waals surface area contributed by atoms with Gasteiger partial charge in [-0.3, -0.25) is 10.1 Å². The lowest BCUT2D eigenvalue weighted by Crippen LogP contribution is -1.97. The molecule has 0 unspecified atom stereocenters. The molecule has 0 aliphatic heterocycles. The van der Waals surface area contributed by atoms with Gasteiger partial charge in [-0.1, -0.05) is 12.2 Å². The highest BCUT2D eigenvalue weighted by atomic mass is 35.5. The Kier molecular flexibility index (Phi) is 3.62. The molecular weight excluding hydrogens is 223 g/mol. The number of nitrogens with two attached hydrogens (primary N) is 1. The summed E-state index contributed by atoms with van der Waals surface area (Å²) in [6, 6.07) is 1.98. The van der Waals surface area contributed by atoms with Crippen molar-refractivity contribution in [2.24, 2.45) is 0 Å². The molecule has 0 atom stereocenters. The molecule has 0 saturated heterocycles. The molecule has 2 N–H and O–H groups in total. The van der Waals surface area contributed by atoms with Gasteiger partial charge < -0.3 is 5.73 Å². The Morgan fingerprint density at radius 3 is 2.80 bits per heavy atom. The van der Waals surface area contributed by atoms with Gasteiger partial charge in [-0.2, -0.15) is 0 Å². The minimum atomic E-state index is -0.807. The van der Waals surface area contributed by atoms with Gasteiger partial charge in [-0.15, -0.1) is 11.6 Å². The third-order valence-corrected chi connectivity index (χ3v) is 1.92. The first-order valence-electron chi connectivity index (χ1n) is 4.02. The Balaban J connectivity index is 3.24. The van der Waals surface area contributed by atoms with Crippen LogP contribution in [0, 0.1) is 15.9 Å². The minimum absolute atomic E-state index is 0.123. The van der Waals surface area contributed by atoms with Crippen molar-refractivity contribution in [3.05, 3.63) is 39.7 Å². The molecule has 0 fully saturated rings. The van der Waals surface area contributed by atoms with E-state index in [0.29, 0.717) is 0 Å². The average Bonchev–Trinajstić information content (AvgIpc) is 2.19. The van der Waals surface area contributed by atoms with Gasteiger partial charge in [0.2, 0.25) is 0 Å². The van der Waals surface area contributed by atoms with E-state index in [1.807, 2.05) is 0 Å². The summed E-state index contributed by atoms with van der Waals surface area (Å²) in [5.74, 6) is -0.581. The van der Waals surface area contributed by atoms with E-state index in [4.69, 9.17) is 17.3 Å². The average molecular weight is 231 g/mol. The number of nitro groups is 1. The van der Waals surface area contributed by atoms with Crippen LogP contribution in [0.1, 0.15) is 5.56 Å². The van der Waals surface area contributed by atoms with Crippen LogP contribution < -0.4 is 5.73 Å². The van der Waals surface area contributed by atoms with Crippen LogP contribution >= 0.6 is 11.6 Å². The van der Waals surface area contributed by atoms with Gasteiger partial charge >= 0.3 is 0 Å². The molecule has 1 aromatic rings. The summed E-state index contributed by atoms with van der Waals surface area (Å²) >= 11 is 5.39. The molecule has 0 amide bonds. The van der Waals surface area contributed by atoms with Crippen LogP contribution in [0.3, 0.4) is 0 Å². The van der Waals surface area contributed by atoms with Gasteiger partial charge in [0.1, 0.15) is 0 Å². The molecule has 15 heavy (non-hydrogen) atoms. The summed E-state index contributed by atoms with van der Waals surface area (Å²) in [5, 5.41) is 10.4. The largest absolute Gasteiger partial charge is 0.396 e. The van der Waals surface area contributed by atoms with E-state index in [1.165, 1.54) is 18.2 Å². The third-order valence-electron chi connectivity index (χ3n) is 1.74. The topological polar surface area (TPSA) is 69.2 Å². The van der Waals surface area contributed by atoms with Crippen molar-refractivity contribution in [3.8, 4) is 0 Å². The second-order valence-electron chi connectivity index (χ2n) is 2.74. The van der Waals surface area contributed by atoms with E-state index in [1.54, 1.807) is 0 Å². The van der Waals surface area contributed by atoms with Crippen LogP contribution in [0.2, 0.25) is 0 Å². The first-order chi connectivity index (χ1) is 7.06. The maximum Gasteiger partial charge on any atom is 0.273 e. The summed E-state index contributed by atoms with van der Waals surface area (Å²) in [5.41, 5.74) is 5.19. The van der Waals surface area contributed by atoms with Gasteiger partial charge in [0.25, 0.3) is 5.69 Å². The standard InChI is InChI=1S/C9H8ClFN2O2/c10-3-1-2-6-4-7(13(14)15)5-8(11)9(6)12/h1-2,4-5H,3,12H2. The Bertz CT molecular complexity index is 421. The summed E-state index contributed by atoms with van der Waals surface area (Å²) in [6.45, 7) is 0. The Morgan fingerprint density at radius 2 is 2.27 bits per heavy atom. The summed E-state index contributed by atoms with van der Waals surface area (Å²) in [7, 11) is 0. The number of anilines is 1. The van der Waals surface area contributed by atoms with Gasteiger partial charge in [0, 0.05) is 17.5 Å². The highest BCUT2D eigenvalue weighted by Gasteiger charge is 2.12. The van der Waals surface area contributed by atoms with Crippen LogP contribution in [0.4, 0.5) is 15.8 Å². The number of hydrogen-bond donors (Lipinski definition) is 1. The van der Waals surface area contributed by atoms with Gasteiger partial charge in [-0.25, -0.2) is 4.39 Å². The Morgan fingerprint density at radius 1 is 1.60 bits per heavy atom. The smallest absolute Gasteiger partial charge is 0.273 e. The molecule has 0 aromatic heterocycles. The summed E-state index contributed by atoms with van der Waals surface area (Å²) in [6.07, 6.45) is 2.97. The fourth-order valence-corrected chi connectivity index (χ4v) is 1.13. The lowest BCUT2D eigenvalue weighted by Gasteiger charge is -2.01. The predicted molar refractivity (Wildman–Crippen MR) is 57.2 cm³/mol. The fraction of sp³-hybridized carbons (Fsp3) is 0.111. The van der Waals surface area contributed by atoms with Crippen LogP contribution in [-0.4, -0.2) is 10.8 Å². The zero-order valence-corrected chi connectivity index (χ0v) is 8.37. The highest BCUT2D eigenvalue weighted by molar-refractivity contribution is 6.19. The van der Waals surface area contributed by atoms with E-state index < -0.39 is 10.7 Å². The zero-order valence-electron chi connectivity index (χ0n) is 7.61. The van der Waals surface area contributed by atoms with Crippen molar-refractivity contribution in [1.29, 1.82) is 0 Å². The molecule has 0 bridgehead atoms. The molecule has 1 aromatic carbocycles. The van der Waals surface area contributed by atoms with Crippen molar-refractivity contribution in [2.75, 3.05) is 11.6 Å². The molecule has 0 spiro atoms. The molecule has 1 rings (SSSR count). The molecule has 0 heterocycles. The second-order valence-corrected chi connectivity index (χ2v) is 3.05. The van der Waals surface area contributed by atoms with E-state index in [0.717, 1.165) is 6.07 Å². The van der Waals surface area contributed by atoms with Gasteiger partial charge in [0.05, 0.1) is 16.7 Å². The molecular formula is C9H8ClFN2O2. The van der Waals surface area contributed by atoms with E-state index >= 15 is 0 Å². The van der Waals surface area contributed by atoms with Crippen LogP contribution in [0.5, 0.6) is 0 Å². The maximum atomic E-state index is 13.1. The summed E-state index contributed by atoms with van der Waals surface area (Å²) < 4.78 is 13.1. The quantitative estimate of drug-likeness (QED) is 0.376. The molecule has 0 aliphatic carbocycles. The highest BCUT2D eigenvalue weighted by Crippen LogP contribution is 2.24. The van der Waals surface area contributed by atoms with Crippen LogP contribution in [0.25, 0.3) is 6.08 Å². The maximum absolute atomic E-state index is 13.1. The lowest BCUT2D eigenvalue weighted by atomic mass is 10.1. The molecule has 4 nitrogen and oxygen atoms in total. The SMILES string of the molecule is Nc1c(F)cc([N+](=O)[O-])cc1C=CCCl.